The van der Waals surface area contributed by atoms with Crippen LogP contribution in [0.2, 0.25) is 0 Å². The molecule has 2 aromatic carbocycles. The quantitative estimate of drug-likeness (QED) is 0.508. The molecule has 0 atom stereocenters. The minimum Gasteiger partial charge on any atom is -0.495 e. The number of hydrogen-bond donors (Lipinski definition) is 1. The van der Waals surface area contributed by atoms with E-state index in [4.69, 9.17) is 9.47 Å². The highest BCUT2D eigenvalue weighted by Gasteiger charge is 2.33. The molecule has 31 heavy (non-hydrogen) atoms. The summed E-state index contributed by atoms with van der Waals surface area (Å²) in [7, 11) is -1.15. The summed E-state index contributed by atoms with van der Waals surface area (Å²) in [6.45, 7) is 0.262. The average molecular weight is 449 g/mol. The lowest BCUT2D eigenvalue weighted by atomic mass is 9.97. The van der Waals surface area contributed by atoms with Crippen molar-refractivity contribution in [3.05, 3.63) is 52.6 Å². The number of anilines is 1. The van der Waals surface area contributed by atoms with E-state index in [-0.39, 0.29) is 35.6 Å². The predicted molar refractivity (Wildman–Crippen MR) is 113 cm³/mol. The summed E-state index contributed by atoms with van der Waals surface area (Å²) < 4.78 is 37.3. The molecule has 0 radical (unpaired) electrons. The molecule has 2 aromatic rings. The van der Waals surface area contributed by atoms with Crippen LogP contribution in [-0.2, 0) is 14.8 Å². The molecule has 0 saturated carbocycles. The Morgan fingerprint density at radius 3 is 2.35 bits per heavy atom. The highest BCUT2D eigenvalue weighted by molar-refractivity contribution is 7.89. The number of carbonyl (C=O) groups excluding carboxylic acids is 1. The minimum absolute atomic E-state index is 0.0179. The third-order valence-electron chi connectivity index (χ3n) is 5.17. The van der Waals surface area contributed by atoms with Gasteiger partial charge in [-0.05, 0) is 37.1 Å². The van der Waals surface area contributed by atoms with Gasteiger partial charge in [0, 0.05) is 25.1 Å². The fourth-order valence-corrected chi connectivity index (χ4v) is 4.95. The number of para-hydroxylation sites is 2. The Hall–Kier alpha value is -3.18. The maximum absolute atomic E-state index is 13.0. The van der Waals surface area contributed by atoms with Gasteiger partial charge in [-0.15, -0.1) is 0 Å². The van der Waals surface area contributed by atoms with Crippen LogP contribution < -0.4 is 14.8 Å². The molecule has 1 saturated heterocycles. The summed E-state index contributed by atoms with van der Waals surface area (Å²) in [5.74, 6) is -0.0455. The molecule has 0 aromatic heterocycles. The minimum atomic E-state index is -3.94. The van der Waals surface area contributed by atoms with Crippen molar-refractivity contribution in [1.29, 1.82) is 0 Å². The second-order valence-electron chi connectivity index (χ2n) is 6.96. The topological polar surface area (TPSA) is 128 Å². The molecule has 10 nitrogen and oxygen atoms in total. The van der Waals surface area contributed by atoms with Gasteiger partial charge < -0.3 is 14.8 Å². The van der Waals surface area contributed by atoms with E-state index in [1.807, 2.05) is 0 Å². The van der Waals surface area contributed by atoms with Crippen molar-refractivity contribution in [2.45, 2.75) is 17.7 Å². The zero-order valence-corrected chi connectivity index (χ0v) is 17.9. The van der Waals surface area contributed by atoms with Gasteiger partial charge >= 0.3 is 5.69 Å². The number of nitrogens with zero attached hydrogens (tertiary/aromatic N) is 2. The molecule has 1 aliphatic heterocycles. The molecule has 3 rings (SSSR count). The SMILES string of the molecule is COc1ccccc1NC(=O)C1CCN(S(=O)(=O)c2ccc(OC)c([N+](=O)[O-])c2)CC1. The number of rotatable bonds is 7. The maximum Gasteiger partial charge on any atom is 0.312 e. The van der Waals surface area contributed by atoms with Crippen LogP contribution in [0.25, 0.3) is 0 Å². The van der Waals surface area contributed by atoms with E-state index in [9.17, 15) is 23.3 Å². The Labute approximate surface area is 180 Å². The molecule has 0 aliphatic carbocycles. The van der Waals surface area contributed by atoms with Crippen molar-refractivity contribution in [2.24, 2.45) is 5.92 Å². The van der Waals surface area contributed by atoms with Crippen molar-refractivity contribution in [1.82, 2.24) is 4.31 Å². The number of nitro benzene ring substituents is 1. The largest absolute Gasteiger partial charge is 0.495 e. The van der Waals surface area contributed by atoms with Crippen LogP contribution in [0.3, 0.4) is 0 Å². The van der Waals surface area contributed by atoms with E-state index >= 15 is 0 Å². The Morgan fingerprint density at radius 1 is 1.10 bits per heavy atom. The first kappa shape index (κ1) is 22.5. The van der Waals surface area contributed by atoms with Crippen LogP contribution in [0.15, 0.2) is 47.4 Å². The lowest BCUT2D eigenvalue weighted by Crippen LogP contribution is -2.41. The van der Waals surface area contributed by atoms with Crippen LogP contribution in [-0.4, -0.2) is 50.9 Å². The van der Waals surface area contributed by atoms with Crippen LogP contribution in [0.5, 0.6) is 11.5 Å². The standard InChI is InChI=1S/C20H23N3O7S/c1-29-18-6-4-3-5-16(18)21-20(24)14-9-11-22(12-10-14)31(27,28)15-7-8-19(30-2)17(13-15)23(25)26/h3-8,13-14H,9-12H2,1-2H3,(H,21,24). The van der Waals surface area contributed by atoms with Crippen molar-refractivity contribution in [3.8, 4) is 11.5 Å². The molecule has 1 amide bonds. The number of amides is 1. The fraction of sp³-hybridized carbons (Fsp3) is 0.350. The number of carbonyl (C=O) groups is 1. The van der Waals surface area contributed by atoms with Gasteiger partial charge in [-0.3, -0.25) is 14.9 Å². The molecule has 1 fully saturated rings. The second kappa shape index (κ2) is 9.31. The van der Waals surface area contributed by atoms with E-state index in [1.165, 1.54) is 30.7 Å². The van der Waals surface area contributed by atoms with Gasteiger partial charge in [-0.25, -0.2) is 8.42 Å². The lowest BCUT2D eigenvalue weighted by Gasteiger charge is -2.30. The number of ether oxygens (including phenoxy) is 2. The predicted octanol–water partition coefficient (Wildman–Crippen LogP) is 2.65. The monoisotopic (exact) mass is 449 g/mol. The molecular weight excluding hydrogens is 426 g/mol. The Bertz CT molecular complexity index is 1080. The van der Waals surface area contributed by atoms with Crippen LogP contribution in [0.1, 0.15) is 12.8 Å². The number of piperidine rings is 1. The summed E-state index contributed by atoms with van der Waals surface area (Å²) in [6, 6.07) is 10.6. The zero-order valence-electron chi connectivity index (χ0n) is 17.1. The van der Waals surface area contributed by atoms with Gasteiger partial charge in [-0.1, -0.05) is 12.1 Å². The Kier molecular flexibility index (Phi) is 6.76. The molecule has 0 unspecified atom stereocenters. The number of nitrogens with one attached hydrogen (secondary N) is 1. The number of hydrogen-bond acceptors (Lipinski definition) is 7. The number of benzene rings is 2. The zero-order chi connectivity index (χ0) is 22.6. The lowest BCUT2D eigenvalue weighted by molar-refractivity contribution is -0.386. The van der Waals surface area contributed by atoms with E-state index in [2.05, 4.69) is 5.32 Å². The molecule has 0 spiro atoms. The van der Waals surface area contributed by atoms with Gasteiger partial charge in [0.2, 0.25) is 15.9 Å². The Morgan fingerprint density at radius 2 is 1.74 bits per heavy atom. The fourth-order valence-electron chi connectivity index (χ4n) is 3.46. The van der Waals surface area contributed by atoms with Gasteiger partial charge in [0.1, 0.15) is 5.75 Å². The van der Waals surface area contributed by atoms with E-state index < -0.39 is 20.6 Å². The molecule has 0 bridgehead atoms. The molecule has 1 N–H and O–H groups in total. The summed E-state index contributed by atoms with van der Waals surface area (Å²) in [5, 5.41) is 14.0. The Balaban J connectivity index is 1.69. The van der Waals surface area contributed by atoms with Crippen molar-refractivity contribution >= 4 is 27.3 Å². The summed E-state index contributed by atoms with van der Waals surface area (Å²) in [4.78, 5) is 23.0. The number of methoxy groups -OCH3 is 2. The maximum atomic E-state index is 13.0. The second-order valence-corrected chi connectivity index (χ2v) is 8.90. The van der Waals surface area contributed by atoms with Crippen LogP contribution in [0.4, 0.5) is 11.4 Å². The molecule has 1 aliphatic rings. The van der Waals surface area contributed by atoms with Crippen molar-refractivity contribution < 1.29 is 27.6 Å². The molecule has 166 valence electrons. The molecule has 1 heterocycles. The third kappa shape index (κ3) is 4.78. The third-order valence-corrected chi connectivity index (χ3v) is 7.07. The van der Waals surface area contributed by atoms with Crippen LogP contribution in [0, 0.1) is 16.0 Å². The average Bonchev–Trinajstić information content (AvgIpc) is 2.78. The number of nitro groups is 1. The number of sulfonamides is 1. The molecular formula is C20H23N3O7S. The van der Waals surface area contributed by atoms with Gasteiger partial charge in [0.15, 0.2) is 5.75 Å². The highest BCUT2D eigenvalue weighted by atomic mass is 32.2. The van der Waals surface area contributed by atoms with E-state index in [0.717, 1.165) is 6.07 Å². The van der Waals surface area contributed by atoms with Gasteiger partial charge in [0.05, 0.1) is 29.7 Å². The van der Waals surface area contributed by atoms with E-state index in [1.54, 1.807) is 24.3 Å². The highest BCUT2D eigenvalue weighted by Crippen LogP contribution is 2.32. The summed E-state index contributed by atoms with van der Waals surface area (Å²) in [6.07, 6.45) is 0.664. The van der Waals surface area contributed by atoms with E-state index in [0.29, 0.717) is 24.3 Å². The normalized spacial score (nSPS) is 15.3. The summed E-state index contributed by atoms with van der Waals surface area (Å²) >= 11 is 0. The van der Waals surface area contributed by atoms with Gasteiger partial charge in [-0.2, -0.15) is 4.31 Å². The van der Waals surface area contributed by atoms with Crippen molar-refractivity contribution in [2.75, 3.05) is 32.6 Å². The summed E-state index contributed by atoms with van der Waals surface area (Å²) in [5.41, 5.74) is 0.130. The van der Waals surface area contributed by atoms with Crippen LogP contribution >= 0.6 is 0 Å². The first-order valence-electron chi connectivity index (χ1n) is 9.54. The smallest absolute Gasteiger partial charge is 0.312 e. The van der Waals surface area contributed by atoms with Crippen molar-refractivity contribution in [3.63, 3.8) is 0 Å². The first-order valence-corrected chi connectivity index (χ1v) is 11.0. The van der Waals surface area contributed by atoms with Gasteiger partial charge in [0.25, 0.3) is 0 Å². The first-order chi connectivity index (χ1) is 14.8. The molecule has 11 heteroatoms.